The molecular formula is C15H22N2O2S. The molecule has 4 nitrogen and oxygen atoms in total. The van der Waals surface area contributed by atoms with Gasteiger partial charge in [-0.3, -0.25) is 4.79 Å². The summed E-state index contributed by atoms with van der Waals surface area (Å²) in [6.07, 6.45) is 2.67. The van der Waals surface area contributed by atoms with Crippen molar-refractivity contribution >= 4 is 17.2 Å². The Morgan fingerprint density at radius 1 is 1.50 bits per heavy atom. The van der Waals surface area contributed by atoms with Crippen molar-refractivity contribution in [3.8, 4) is 0 Å². The van der Waals surface area contributed by atoms with Crippen LogP contribution in [0.4, 0.5) is 0 Å². The normalized spacial score (nSPS) is 23.8. The summed E-state index contributed by atoms with van der Waals surface area (Å²) in [4.78, 5) is 16.9. The largest absolute Gasteiger partial charge is 0.374 e. The zero-order valence-electron chi connectivity index (χ0n) is 12.0. The van der Waals surface area contributed by atoms with E-state index in [-0.39, 0.29) is 12.0 Å². The first kappa shape index (κ1) is 14.0. The van der Waals surface area contributed by atoms with E-state index in [1.165, 1.54) is 12.8 Å². The molecule has 1 aromatic heterocycles. The summed E-state index contributed by atoms with van der Waals surface area (Å²) >= 11 is 1.58. The fourth-order valence-corrected chi connectivity index (χ4v) is 3.27. The maximum Gasteiger partial charge on any atom is 0.254 e. The number of morpholine rings is 1. The van der Waals surface area contributed by atoms with Gasteiger partial charge in [-0.1, -0.05) is 0 Å². The van der Waals surface area contributed by atoms with E-state index in [4.69, 9.17) is 4.74 Å². The molecule has 0 spiro atoms. The average molecular weight is 294 g/mol. The lowest BCUT2D eigenvalue weighted by Crippen LogP contribution is -2.48. The number of hydrogen-bond acceptors (Lipinski definition) is 4. The molecule has 2 heterocycles. The number of ether oxygens (including phenoxy) is 1. The van der Waals surface area contributed by atoms with Crippen LogP contribution in [0.1, 0.15) is 23.2 Å². The van der Waals surface area contributed by atoms with Crippen LogP contribution in [0.25, 0.3) is 0 Å². The second-order valence-corrected chi connectivity index (χ2v) is 6.70. The molecule has 0 aromatic carbocycles. The van der Waals surface area contributed by atoms with E-state index in [1.807, 2.05) is 21.7 Å². The van der Waals surface area contributed by atoms with E-state index in [9.17, 15) is 4.79 Å². The van der Waals surface area contributed by atoms with Crippen LogP contribution in [0, 0.1) is 5.92 Å². The van der Waals surface area contributed by atoms with E-state index in [0.717, 1.165) is 38.3 Å². The van der Waals surface area contributed by atoms with Gasteiger partial charge in [0.15, 0.2) is 0 Å². The summed E-state index contributed by atoms with van der Waals surface area (Å²) < 4.78 is 5.82. The Bertz CT molecular complexity index is 445. The van der Waals surface area contributed by atoms with Crippen molar-refractivity contribution in [2.24, 2.45) is 5.92 Å². The predicted molar refractivity (Wildman–Crippen MR) is 80.2 cm³/mol. The molecular weight excluding hydrogens is 272 g/mol. The summed E-state index contributed by atoms with van der Waals surface area (Å²) in [6, 6.07) is 1.92. The molecule has 5 heteroatoms. The third-order valence-electron chi connectivity index (χ3n) is 4.00. The molecule has 1 aromatic rings. The van der Waals surface area contributed by atoms with Gasteiger partial charge < -0.3 is 14.5 Å². The summed E-state index contributed by atoms with van der Waals surface area (Å²) in [7, 11) is 2.11. The summed E-state index contributed by atoms with van der Waals surface area (Å²) in [5.74, 6) is 0.869. The monoisotopic (exact) mass is 294 g/mol. The van der Waals surface area contributed by atoms with E-state index in [0.29, 0.717) is 5.92 Å². The van der Waals surface area contributed by atoms with Crippen molar-refractivity contribution in [1.29, 1.82) is 0 Å². The smallest absolute Gasteiger partial charge is 0.254 e. The first-order valence-electron chi connectivity index (χ1n) is 7.34. The molecule has 1 amide bonds. The first-order valence-corrected chi connectivity index (χ1v) is 8.28. The highest BCUT2D eigenvalue weighted by molar-refractivity contribution is 7.08. The van der Waals surface area contributed by atoms with Crippen molar-refractivity contribution in [1.82, 2.24) is 9.80 Å². The van der Waals surface area contributed by atoms with E-state index in [1.54, 1.807) is 11.3 Å². The molecule has 1 atom stereocenters. The molecule has 3 rings (SSSR count). The maximum atomic E-state index is 12.6. The lowest BCUT2D eigenvalue weighted by molar-refractivity contribution is -0.0331. The number of nitrogens with zero attached hydrogens (tertiary/aromatic N) is 2. The van der Waals surface area contributed by atoms with Crippen LogP contribution in [0.3, 0.4) is 0 Å². The second-order valence-electron chi connectivity index (χ2n) is 5.92. The van der Waals surface area contributed by atoms with Crippen LogP contribution in [0.2, 0.25) is 0 Å². The van der Waals surface area contributed by atoms with Gasteiger partial charge in [0.2, 0.25) is 0 Å². The highest BCUT2D eigenvalue weighted by Crippen LogP contribution is 2.30. The minimum atomic E-state index is 0.148. The van der Waals surface area contributed by atoms with Crippen LogP contribution < -0.4 is 0 Å². The fraction of sp³-hybridized carbons (Fsp3) is 0.667. The Hall–Kier alpha value is -0.910. The molecule has 1 saturated carbocycles. The quantitative estimate of drug-likeness (QED) is 0.832. The summed E-state index contributed by atoms with van der Waals surface area (Å²) in [6.45, 7) is 4.27. The van der Waals surface area contributed by atoms with Gasteiger partial charge in [-0.15, -0.1) is 0 Å². The number of carbonyl (C=O) groups excluding carboxylic acids is 1. The Kier molecular flexibility index (Phi) is 4.38. The Balaban J connectivity index is 1.64. The number of hydrogen-bond donors (Lipinski definition) is 0. The van der Waals surface area contributed by atoms with Crippen molar-refractivity contribution in [2.75, 3.05) is 39.8 Å². The van der Waals surface area contributed by atoms with Crippen molar-refractivity contribution in [3.63, 3.8) is 0 Å². The molecule has 1 unspecified atom stereocenters. The Labute approximate surface area is 124 Å². The van der Waals surface area contributed by atoms with Crippen LogP contribution in [0.15, 0.2) is 16.8 Å². The van der Waals surface area contributed by atoms with Crippen molar-refractivity contribution in [3.05, 3.63) is 22.4 Å². The Morgan fingerprint density at radius 2 is 2.35 bits per heavy atom. The third kappa shape index (κ3) is 3.59. The fourth-order valence-electron chi connectivity index (χ4n) is 2.64. The molecule has 0 bridgehead atoms. The van der Waals surface area contributed by atoms with Gasteiger partial charge in [0.05, 0.1) is 18.3 Å². The molecule has 0 radical (unpaired) electrons. The number of rotatable bonds is 5. The predicted octanol–water partition coefficient (Wildman–Crippen LogP) is 1.93. The molecule has 1 saturated heterocycles. The van der Waals surface area contributed by atoms with E-state index in [2.05, 4.69) is 11.9 Å². The number of likely N-dealkylation sites (N-methyl/N-ethyl adjacent to an activating group) is 1. The molecule has 2 fully saturated rings. The van der Waals surface area contributed by atoms with Crippen LogP contribution >= 0.6 is 11.3 Å². The third-order valence-corrected chi connectivity index (χ3v) is 4.68. The topological polar surface area (TPSA) is 32.8 Å². The summed E-state index contributed by atoms with van der Waals surface area (Å²) in [5.41, 5.74) is 0.819. The molecule has 0 N–H and O–H groups in total. The lowest BCUT2D eigenvalue weighted by atomic mass is 10.2. The summed E-state index contributed by atoms with van der Waals surface area (Å²) in [5, 5.41) is 3.91. The molecule has 1 aliphatic carbocycles. The highest BCUT2D eigenvalue weighted by Gasteiger charge is 2.30. The standard InChI is InChI=1S/C15H22N2O2S/c1-16-5-6-19-14(9-16)10-17(8-12-2-3-12)15(18)13-4-7-20-11-13/h4,7,11-12,14H,2-3,5-6,8-10H2,1H3. The lowest BCUT2D eigenvalue weighted by Gasteiger charge is -2.34. The van der Waals surface area contributed by atoms with Crippen molar-refractivity contribution < 1.29 is 9.53 Å². The van der Waals surface area contributed by atoms with Gasteiger partial charge in [-0.25, -0.2) is 0 Å². The van der Waals surface area contributed by atoms with Gasteiger partial charge in [0, 0.05) is 31.6 Å². The van der Waals surface area contributed by atoms with Gasteiger partial charge in [-0.2, -0.15) is 11.3 Å². The van der Waals surface area contributed by atoms with Crippen LogP contribution in [0.5, 0.6) is 0 Å². The zero-order chi connectivity index (χ0) is 13.9. The minimum Gasteiger partial charge on any atom is -0.374 e. The van der Waals surface area contributed by atoms with Gasteiger partial charge in [0.25, 0.3) is 5.91 Å². The highest BCUT2D eigenvalue weighted by atomic mass is 32.1. The number of carbonyl (C=O) groups is 1. The molecule has 2 aliphatic rings. The van der Waals surface area contributed by atoms with E-state index >= 15 is 0 Å². The van der Waals surface area contributed by atoms with Crippen LogP contribution in [-0.4, -0.2) is 61.6 Å². The molecule has 20 heavy (non-hydrogen) atoms. The molecule has 1 aliphatic heterocycles. The van der Waals surface area contributed by atoms with Crippen LogP contribution in [-0.2, 0) is 4.74 Å². The zero-order valence-corrected chi connectivity index (χ0v) is 12.8. The Morgan fingerprint density at radius 3 is 3.00 bits per heavy atom. The van der Waals surface area contributed by atoms with E-state index < -0.39 is 0 Å². The minimum absolute atomic E-state index is 0.148. The number of thiophene rings is 1. The van der Waals surface area contributed by atoms with Gasteiger partial charge >= 0.3 is 0 Å². The maximum absolute atomic E-state index is 12.6. The second kappa shape index (κ2) is 6.24. The SMILES string of the molecule is CN1CCOC(CN(CC2CC2)C(=O)c2ccsc2)C1. The van der Waals surface area contributed by atoms with Gasteiger partial charge in [-0.05, 0) is 37.3 Å². The number of amides is 1. The average Bonchev–Trinajstić information content (AvgIpc) is 3.08. The first-order chi connectivity index (χ1) is 9.72. The van der Waals surface area contributed by atoms with Crippen molar-refractivity contribution in [2.45, 2.75) is 18.9 Å². The molecule has 110 valence electrons. The van der Waals surface area contributed by atoms with Gasteiger partial charge in [0.1, 0.15) is 0 Å².